The van der Waals surface area contributed by atoms with Crippen LogP contribution in [0.1, 0.15) is 12.5 Å². The molecule has 0 amide bonds. The minimum atomic E-state index is -0.250. The summed E-state index contributed by atoms with van der Waals surface area (Å²) in [6.45, 7) is 1.89. The van der Waals surface area contributed by atoms with Gasteiger partial charge in [0, 0.05) is 6.07 Å². The van der Waals surface area contributed by atoms with E-state index in [1.54, 1.807) is 6.07 Å². The molecule has 1 rings (SSSR count). The fraction of sp³-hybridized carbons (Fsp3) is 0.400. The summed E-state index contributed by atoms with van der Waals surface area (Å²) in [5.41, 5.74) is 0.637. The van der Waals surface area contributed by atoms with E-state index in [1.165, 1.54) is 20.3 Å². The first-order valence-electron chi connectivity index (χ1n) is 4.13. The summed E-state index contributed by atoms with van der Waals surface area (Å²) in [6, 6.07) is 3.01. The van der Waals surface area contributed by atoms with E-state index in [4.69, 9.17) is 9.47 Å². The van der Waals surface area contributed by atoms with Crippen LogP contribution in [0.25, 0.3) is 0 Å². The van der Waals surface area contributed by atoms with Crippen LogP contribution in [0.15, 0.2) is 12.1 Å². The van der Waals surface area contributed by atoms with Gasteiger partial charge in [-0.15, -0.1) is 0 Å². The Morgan fingerprint density at radius 2 is 1.69 bits per heavy atom. The summed E-state index contributed by atoms with van der Waals surface area (Å²) in [7, 11) is 3.03. The zero-order valence-corrected chi connectivity index (χ0v) is 8.06. The maximum absolute atomic E-state index is 13.2. The lowest BCUT2D eigenvalue weighted by Gasteiger charge is -2.09. The number of hydrogen-bond acceptors (Lipinski definition) is 2. The molecule has 0 fully saturated rings. The van der Waals surface area contributed by atoms with Gasteiger partial charge in [0.25, 0.3) is 0 Å². The van der Waals surface area contributed by atoms with Crippen LogP contribution >= 0.6 is 0 Å². The molecule has 0 unspecified atom stereocenters. The predicted molar refractivity (Wildman–Crippen MR) is 48.9 cm³/mol. The highest BCUT2D eigenvalue weighted by Gasteiger charge is 2.08. The fourth-order valence-corrected chi connectivity index (χ4v) is 1.17. The largest absolute Gasteiger partial charge is 0.493 e. The van der Waals surface area contributed by atoms with E-state index in [0.717, 1.165) is 0 Å². The molecule has 0 saturated carbocycles. The van der Waals surface area contributed by atoms with E-state index < -0.39 is 0 Å². The number of aryl methyl sites for hydroxylation is 1. The molecule has 1 aromatic rings. The molecular weight excluding hydrogens is 171 g/mol. The Hall–Kier alpha value is -1.25. The Morgan fingerprint density at radius 1 is 1.15 bits per heavy atom. The molecule has 0 spiro atoms. The fourth-order valence-electron chi connectivity index (χ4n) is 1.17. The number of ether oxygens (including phenoxy) is 2. The molecule has 0 saturated heterocycles. The van der Waals surface area contributed by atoms with Crippen molar-refractivity contribution in [3.8, 4) is 11.5 Å². The first kappa shape index (κ1) is 9.84. The second kappa shape index (κ2) is 4.12. The minimum absolute atomic E-state index is 0.250. The van der Waals surface area contributed by atoms with Crippen molar-refractivity contribution in [2.24, 2.45) is 0 Å². The van der Waals surface area contributed by atoms with Crippen molar-refractivity contribution >= 4 is 0 Å². The molecule has 1 aromatic carbocycles. The Balaban J connectivity index is 3.18. The quantitative estimate of drug-likeness (QED) is 0.718. The second-order valence-electron chi connectivity index (χ2n) is 2.65. The third kappa shape index (κ3) is 1.91. The molecule has 3 heteroatoms. The molecule has 0 aliphatic carbocycles. The highest BCUT2D eigenvalue weighted by molar-refractivity contribution is 5.43. The van der Waals surface area contributed by atoms with Crippen LogP contribution in [-0.2, 0) is 6.42 Å². The third-order valence-corrected chi connectivity index (χ3v) is 1.93. The molecule has 0 atom stereocenters. The van der Waals surface area contributed by atoms with Crippen LogP contribution in [0, 0.1) is 5.82 Å². The van der Waals surface area contributed by atoms with Crippen molar-refractivity contribution in [2.45, 2.75) is 13.3 Å². The predicted octanol–water partition coefficient (Wildman–Crippen LogP) is 2.41. The maximum atomic E-state index is 13.2. The SMILES string of the molecule is CCc1cc(OC)c(OC)cc1F. The van der Waals surface area contributed by atoms with E-state index >= 15 is 0 Å². The van der Waals surface area contributed by atoms with Gasteiger partial charge in [-0.1, -0.05) is 6.92 Å². The van der Waals surface area contributed by atoms with E-state index in [1.807, 2.05) is 6.92 Å². The van der Waals surface area contributed by atoms with Crippen LogP contribution in [0.3, 0.4) is 0 Å². The van der Waals surface area contributed by atoms with E-state index in [2.05, 4.69) is 0 Å². The van der Waals surface area contributed by atoms with Gasteiger partial charge in [-0.2, -0.15) is 0 Å². The lowest BCUT2D eigenvalue weighted by Crippen LogP contribution is -1.95. The normalized spacial score (nSPS) is 9.85. The number of benzene rings is 1. The summed E-state index contributed by atoms with van der Waals surface area (Å²) in [6.07, 6.45) is 0.645. The lowest BCUT2D eigenvalue weighted by molar-refractivity contribution is 0.351. The summed E-state index contributed by atoms with van der Waals surface area (Å²) >= 11 is 0. The molecule has 72 valence electrons. The van der Waals surface area contributed by atoms with Gasteiger partial charge in [-0.25, -0.2) is 4.39 Å². The monoisotopic (exact) mass is 184 g/mol. The summed E-state index contributed by atoms with van der Waals surface area (Å²) in [4.78, 5) is 0. The Bertz CT molecular complexity index is 297. The van der Waals surface area contributed by atoms with Crippen LogP contribution in [0.2, 0.25) is 0 Å². The molecule has 0 N–H and O–H groups in total. The first-order chi connectivity index (χ1) is 6.22. The molecule has 0 bridgehead atoms. The number of halogens is 1. The molecule has 0 aliphatic heterocycles. The van der Waals surface area contributed by atoms with Crippen LogP contribution in [0.5, 0.6) is 11.5 Å². The van der Waals surface area contributed by atoms with Crippen molar-refractivity contribution < 1.29 is 13.9 Å². The van der Waals surface area contributed by atoms with E-state index in [9.17, 15) is 4.39 Å². The van der Waals surface area contributed by atoms with Crippen LogP contribution < -0.4 is 9.47 Å². The van der Waals surface area contributed by atoms with Crippen molar-refractivity contribution in [3.05, 3.63) is 23.5 Å². The standard InChI is InChI=1S/C10H13FO2/c1-4-7-5-9(12-2)10(13-3)6-8(7)11/h5-6H,4H2,1-3H3. The molecule has 0 heterocycles. The van der Waals surface area contributed by atoms with Gasteiger partial charge in [-0.3, -0.25) is 0 Å². The van der Waals surface area contributed by atoms with Crippen LogP contribution in [0.4, 0.5) is 4.39 Å². The molecule has 2 nitrogen and oxygen atoms in total. The van der Waals surface area contributed by atoms with Gasteiger partial charge in [0.1, 0.15) is 5.82 Å². The summed E-state index contributed by atoms with van der Waals surface area (Å²) in [5, 5.41) is 0. The molecule has 0 aromatic heterocycles. The van der Waals surface area contributed by atoms with E-state index in [0.29, 0.717) is 23.5 Å². The zero-order chi connectivity index (χ0) is 9.84. The van der Waals surface area contributed by atoms with E-state index in [-0.39, 0.29) is 5.82 Å². The molecular formula is C10H13FO2. The van der Waals surface area contributed by atoms with Gasteiger partial charge >= 0.3 is 0 Å². The average molecular weight is 184 g/mol. The van der Waals surface area contributed by atoms with Crippen molar-refractivity contribution in [2.75, 3.05) is 14.2 Å². The third-order valence-electron chi connectivity index (χ3n) is 1.93. The van der Waals surface area contributed by atoms with Crippen molar-refractivity contribution in [1.29, 1.82) is 0 Å². The lowest BCUT2D eigenvalue weighted by atomic mass is 10.1. The van der Waals surface area contributed by atoms with Crippen molar-refractivity contribution in [1.82, 2.24) is 0 Å². The summed E-state index contributed by atoms with van der Waals surface area (Å²) < 4.78 is 23.2. The molecule has 0 radical (unpaired) electrons. The second-order valence-corrected chi connectivity index (χ2v) is 2.65. The minimum Gasteiger partial charge on any atom is -0.493 e. The molecule has 13 heavy (non-hydrogen) atoms. The number of rotatable bonds is 3. The average Bonchev–Trinajstić information content (AvgIpc) is 2.17. The smallest absolute Gasteiger partial charge is 0.163 e. The van der Waals surface area contributed by atoms with Crippen molar-refractivity contribution in [3.63, 3.8) is 0 Å². The summed E-state index contributed by atoms with van der Waals surface area (Å²) in [5.74, 6) is 0.748. The van der Waals surface area contributed by atoms with Gasteiger partial charge in [0.2, 0.25) is 0 Å². The topological polar surface area (TPSA) is 18.5 Å². The first-order valence-corrected chi connectivity index (χ1v) is 4.13. The van der Waals surface area contributed by atoms with Gasteiger partial charge in [0.05, 0.1) is 14.2 Å². The zero-order valence-electron chi connectivity index (χ0n) is 8.06. The Morgan fingerprint density at radius 3 is 2.15 bits per heavy atom. The van der Waals surface area contributed by atoms with Gasteiger partial charge in [0.15, 0.2) is 11.5 Å². The number of hydrogen-bond donors (Lipinski definition) is 0. The van der Waals surface area contributed by atoms with Crippen LogP contribution in [-0.4, -0.2) is 14.2 Å². The number of methoxy groups -OCH3 is 2. The van der Waals surface area contributed by atoms with Gasteiger partial charge < -0.3 is 9.47 Å². The highest BCUT2D eigenvalue weighted by Crippen LogP contribution is 2.29. The molecule has 0 aliphatic rings. The van der Waals surface area contributed by atoms with Gasteiger partial charge in [-0.05, 0) is 18.1 Å². The highest BCUT2D eigenvalue weighted by atomic mass is 19.1. The Kier molecular flexibility index (Phi) is 3.12. The Labute approximate surface area is 77.3 Å². The maximum Gasteiger partial charge on any atom is 0.163 e.